The molecule has 2 rings (SSSR count). The van der Waals surface area contributed by atoms with E-state index in [2.05, 4.69) is 30.7 Å². The molecule has 0 saturated heterocycles. The highest BCUT2D eigenvalue weighted by Crippen LogP contribution is 2.30. The van der Waals surface area contributed by atoms with Gasteiger partial charge in [0, 0.05) is 24.4 Å². The van der Waals surface area contributed by atoms with Crippen LogP contribution in [0.3, 0.4) is 0 Å². The van der Waals surface area contributed by atoms with E-state index in [9.17, 15) is 0 Å². The molecule has 1 aromatic carbocycles. The number of rotatable bonds is 5. The molecule has 3 nitrogen and oxygen atoms in total. The van der Waals surface area contributed by atoms with Crippen molar-refractivity contribution in [2.24, 2.45) is 7.05 Å². The first kappa shape index (κ1) is 13.4. The Balaban J connectivity index is 2.38. The Morgan fingerprint density at radius 1 is 1.37 bits per heavy atom. The lowest BCUT2D eigenvalue weighted by molar-refractivity contribution is 0.316. The van der Waals surface area contributed by atoms with Crippen LogP contribution in [0.15, 0.2) is 37.2 Å². The molecule has 0 saturated carbocycles. The molecular formula is C16H20N2O. The van der Waals surface area contributed by atoms with Crippen LogP contribution in [0.2, 0.25) is 0 Å². The van der Waals surface area contributed by atoms with Crippen molar-refractivity contribution in [2.45, 2.75) is 20.3 Å². The van der Waals surface area contributed by atoms with Crippen LogP contribution in [0, 0.1) is 0 Å². The van der Waals surface area contributed by atoms with Gasteiger partial charge < -0.3 is 4.74 Å². The van der Waals surface area contributed by atoms with Gasteiger partial charge in [-0.2, -0.15) is 5.10 Å². The maximum absolute atomic E-state index is 5.76. The maximum Gasteiger partial charge on any atom is 0.126 e. The largest absolute Gasteiger partial charge is 0.493 e. The highest BCUT2D eigenvalue weighted by molar-refractivity contribution is 5.74. The average molecular weight is 256 g/mol. The van der Waals surface area contributed by atoms with Crippen LogP contribution < -0.4 is 4.74 Å². The summed E-state index contributed by atoms with van der Waals surface area (Å²) in [5.41, 5.74) is 4.31. The fourth-order valence-electron chi connectivity index (χ4n) is 1.95. The van der Waals surface area contributed by atoms with Crippen molar-refractivity contribution in [1.82, 2.24) is 9.78 Å². The molecule has 100 valence electrons. The van der Waals surface area contributed by atoms with Crippen LogP contribution in [-0.4, -0.2) is 16.4 Å². The molecule has 0 bridgehead atoms. The van der Waals surface area contributed by atoms with E-state index in [1.165, 1.54) is 0 Å². The molecule has 0 aliphatic carbocycles. The lowest BCUT2D eigenvalue weighted by atomic mass is 10.0. The summed E-state index contributed by atoms with van der Waals surface area (Å²) in [6.07, 6.45) is 4.87. The van der Waals surface area contributed by atoms with Crippen LogP contribution in [0.5, 0.6) is 5.75 Å². The van der Waals surface area contributed by atoms with Crippen molar-refractivity contribution in [3.05, 3.63) is 42.7 Å². The normalized spacial score (nSPS) is 10.5. The van der Waals surface area contributed by atoms with E-state index in [0.717, 1.165) is 41.0 Å². The Morgan fingerprint density at radius 3 is 2.74 bits per heavy atom. The molecule has 1 heterocycles. The first-order valence-electron chi connectivity index (χ1n) is 6.53. The molecule has 0 fully saturated rings. The second kappa shape index (κ2) is 5.74. The summed E-state index contributed by atoms with van der Waals surface area (Å²) in [5.74, 6) is 0.905. The van der Waals surface area contributed by atoms with Crippen molar-refractivity contribution in [3.63, 3.8) is 0 Å². The Bertz CT molecular complexity index is 584. The van der Waals surface area contributed by atoms with Gasteiger partial charge in [-0.25, -0.2) is 0 Å². The van der Waals surface area contributed by atoms with Gasteiger partial charge in [0.2, 0.25) is 0 Å². The van der Waals surface area contributed by atoms with Crippen molar-refractivity contribution in [3.8, 4) is 16.9 Å². The summed E-state index contributed by atoms with van der Waals surface area (Å²) >= 11 is 0. The zero-order chi connectivity index (χ0) is 13.8. The zero-order valence-electron chi connectivity index (χ0n) is 11.8. The third kappa shape index (κ3) is 3.05. The Kier molecular flexibility index (Phi) is 4.05. The highest BCUT2D eigenvalue weighted by Gasteiger charge is 2.08. The van der Waals surface area contributed by atoms with Crippen LogP contribution in [-0.2, 0) is 7.05 Å². The first-order chi connectivity index (χ1) is 9.11. The Morgan fingerprint density at radius 2 is 2.16 bits per heavy atom. The van der Waals surface area contributed by atoms with Gasteiger partial charge in [0.15, 0.2) is 0 Å². The number of aromatic nitrogens is 2. The summed E-state index contributed by atoms with van der Waals surface area (Å²) in [7, 11) is 1.92. The number of nitrogens with zero attached hydrogens (tertiary/aromatic N) is 2. The number of allylic oxidation sites excluding steroid dienone is 1. The molecule has 0 aliphatic rings. The Labute approximate surface area is 114 Å². The smallest absolute Gasteiger partial charge is 0.126 e. The molecule has 0 amide bonds. The highest BCUT2D eigenvalue weighted by atomic mass is 16.5. The molecule has 1 aromatic heterocycles. The van der Waals surface area contributed by atoms with E-state index in [-0.39, 0.29) is 0 Å². The monoisotopic (exact) mass is 256 g/mol. The third-order valence-corrected chi connectivity index (χ3v) is 2.94. The van der Waals surface area contributed by atoms with E-state index in [0.29, 0.717) is 0 Å². The maximum atomic E-state index is 5.76. The zero-order valence-corrected chi connectivity index (χ0v) is 11.8. The molecule has 0 atom stereocenters. The number of ether oxygens (including phenoxy) is 1. The summed E-state index contributed by atoms with van der Waals surface area (Å²) in [6, 6.07) is 6.20. The lowest BCUT2D eigenvalue weighted by Gasteiger charge is -2.12. The molecule has 0 spiro atoms. The van der Waals surface area contributed by atoms with Gasteiger partial charge in [0.1, 0.15) is 5.75 Å². The summed E-state index contributed by atoms with van der Waals surface area (Å²) < 4.78 is 7.56. The quantitative estimate of drug-likeness (QED) is 0.811. The fraction of sp³-hybridized carbons (Fsp3) is 0.312. The molecule has 0 unspecified atom stereocenters. The van der Waals surface area contributed by atoms with E-state index in [4.69, 9.17) is 4.74 Å². The van der Waals surface area contributed by atoms with Gasteiger partial charge in [-0.1, -0.05) is 19.6 Å². The molecule has 0 radical (unpaired) electrons. The summed E-state index contributed by atoms with van der Waals surface area (Å²) in [4.78, 5) is 0. The molecule has 0 aliphatic heterocycles. The van der Waals surface area contributed by atoms with Crippen molar-refractivity contribution in [1.29, 1.82) is 0 Å². The first-order valence-corrected chi connectivity index (χ1v) is 6.53. The van der Waals surface area contributed by atoms with E-state index in [1.54, 1.807) is 4.68 Å². The second-order valence-corrected chi connectivity index (χ2v) is 4.74. The minimum Gasteiger partial charge on any atom is -0.493 e. The predicted molar refractivity (Wildman–Crippen MR) is 79.1 cm³/mol. The SMILES string of the molecule is C=C(C)c1cc(-c2cnn(C)c2)ccc1OCCC. The number of hydrogen-bond acceptors (Lipinski definition) is 2. The topological polar surface area (TPSA) is 27.1 Å². The van der Waals surface area contributed by atoms with Gasteiger partial charge in [-0.15, -0.1) is 0 Å². The molecule has 3 heteroatoms. The van der Waals surface area contributed by atoms with Gasteiger partial charge in [-0.05, 0) is 36.6 Å². The standard InChI is InChI=1S/C16H20N2O/c1-5-8-19-16-7-6-13(9-15(16)12(2)3)14-10-17-18(4)11-14/h6-7,9-11H,2,5,8H2,1,3-4H3. The fourth-order valence-corrected chi connectivity index (χ4v) is 1.95. The van der Waals surface area contributed by atoms with E-state index >= 15 is 0 Å². The molecule has 0 N–H and O–H groups in total. The molecule has 2 aromatic rings. The van der Waals surface area contributed by atoms with Crippen LogP contribution >= 0.6 is 0 Å². The minimum absolute atomic E-state index is 0.729. The summed E-state index contributed by atoms with van der Waals surface area (Å²) in [6.45, 7) is 8.86. The third-order valence-electron chi connectivity index (χ3n) is 2.94. The number of benzene rings is 1. The van der Waals surface area contributed by atoms with Crippen LogP contribution in [0.4, 0.5) is 0 Å². The van der Waals surface area contributed by atoms with Gasteiger partial charge >= 0.3 is 0 Å². The lowest BCUT2D eigenvalue weighted by Crippen LogP contribution is -1.98. The summed E-state index contributed by atoms with van der Waals surface area (Å²) in [5, 5.41) is 4.20. The Hall–Kier alpha value is -2.03. The van der Waals surface area contributed by atoms with Crippen molar-refractivity contribution >= 4 is 5.57 Å². The van der Waals surface area contributed by atoms with Crippen molar-refractivity contribution in [2.75, 3.05) is 6.61 Å². The predicted octanol–water partition coefficient (Wildman–Crippen LogP) is 3.91. The molecule has 19 heavy (non-hydrogen) atoms. The number of aryl methyl sites for hydroxylation is 1. The van der Waals surface area contributed by atoms with Crippen LogP contribution in [0.25, 0.3) is 16.7 Å². The number of hydrogen-bond donors (Lipinski definition) is 0. The average Bonchev–Trinajstić information content (AvgIpc) is 2.82. The second-order valence-electron chi connectivity index (χ2n) is 4.74. The molecular weight excluding hydrogens is 236 g/mol. The van der Waals surface area contributed by atoms with Crippen molar-refractivity contribution < 1.29 is 4.74 Å². The van der Waals surface area contributed by atoms with E-state index < -0.39 is 0 Å². The van der Waals surface area contributed by atoms with Crippen LogP contribution in [0.1, 0.15) is 25.8 Å². The minimum atomic E-state index is 0.729. The van der Waals surface area contributed by atoms with E-state index in [1.807, 2.05) is 32.4 Å². The van der Waals surface area contributed by atoms with Gasteiger partial charge in [-0.3, -0.25) is 4.68 Å². The van der Waals surface area contributed by atoms with Gasteiger partial charge in [0.25, 0.3) is 0 Å². The van der Waals surface area contributed by atoms with Gasteiger partial charge in [0.05, 0.1) is 12.8 Å².